The minimum atomic E-state index is -0.226. The highest BCUT2D eigenvalue weighted by atomic mass is 16.2. The lowest BCUT2D eigenvalue weighted by Gasteiger charge is -2.07. The van der Waals surface area contributed by atoms with Crippen LogP contribution in [0.2, 0.25) is 0 Å². The first-order valence-corrected chi connectivity index (χ1v) is 6.70. The van der Waals surface area contributed by atoms with Crippen molar-refractivity contribution in [3.8, 4) is 11.3 Å². The summed E-state index contributed by atoms with van der Waals surface area (Å²) in [6.45, 7) is 4.74. The largest absolute Gasteiger partial charge is 0.338 e. The van der Waals surface area contributed by atoms with E-state index < -0.39 is 0 Å². The Morgan fingerprint density at radius 2 is 2.00 bits per heavy atom. The Bertz CT molecular complexity index is 575. The summed E-state index contributed by atoms with van der Waals surface area (Å²) in [6, 6.07) is 11.6. The minimum absolute atomic E-state index is 0.226. The molecular formula is C15H20N4O. The summed E-state index contributed by atoms with van der Waals surface area (Å²) >= 11 is 0. The molecule has 0 bridgehead atoms. The maximum atomic E-state index is 11.7. The predicted octanol–water partition coefficient (Wildman–Crippen LogP) is 2.86. The highest BCUT2D eigenvalue weighted by molar-refractivity contribution is 5.88. The van der Waals surface area contributed by atoms with Crippen LogP contribution in [0.4, 0.5) is 10.6 Å². The Morgan fingerprint density at radius 1 is 1.30 bits per heavy atom. The molecule has 0 spiro atoms. The van der Waals surface area contributed by atoms with Crippen LogP contribution in [0.5, 0.6) is 0 Å². The number of benzene rings is 1. The van der Waals surface area contributed by atoms with Gasteiger partial charge < -0.3 is 5.32 Å². The summed E-state index contributed by atoms with van der Waals surface area (Å²) in [5.74, 6) is 0.969. The fourth-order valence-corrected chi connectivity index (χ4v) is 1.86. The number of aromatic nitrogens is 2. The van der Waals surface area contributed by atoms with Gasteiger partial charge in [-0.15, -0.1) is 0 Å². The number of amides is 2. The molecule has 106 valence electrons. The van der Waals surface area contributed by atoms with Crippen LogP contribution >= 0.6 is 0 Å². The van der Waals surface area contributed by atoms with E-state index >= 15 is 0 Å². The van der Waals surface area contributed by atoms with Crippen molar-refractivity contribution < 1.29 is 4.79 Å². The smallest absolute Gasteiger partial charge is 0.320 e. The Kier molecular flexibility index (Phi) is 4.40. The third-order valence-electron chi connectivity index (χ3n) is 2.86. The van der Waals surface area contributed by atoms with Crippen molar-refractivity contribution in [3.05, 3.63) is 36.4 Å². The van der Waals surface area contributed by atoms with E-state index in [-0.39, 0.29) is 6.03 Å². The molecule has 0 fully saturated rings. The first-order chi connectivity index (χ1) is 9.56. The van der Waals surface area contributed by atoms with Gasteiger partial charge in [0.2, 0.25) is 0 Å². The second-order valence-corrected chi connectivity index (χ2v) is 5.13. The Balaban J connectivity index is 2.06. The topological polar surface area (TPSA) is 59.0 Å². The molecule has 0 radical (unpaired) electrons. The van der Waals surface area contributed by atoms with Gasteiger partial charge in [0.05, 0.1) is 5.69 Å². The van der Waals surface area contributed by atoms with Crippen LogP contribution in [0, 0.1) is 5.92 Å². The molecule has 2 rings (SSSR count). The number of hydrogen-bond donors (Lipinski definition) is 2. The fraction of sp³-hybridized carbons (Fsp3) is 0.333. The van der Waals surface area contributed by atoms with Crippen LogP contribution < -0.4 is 10.6 Å². The van der Waals surface area contributed by atoms with Gasteiger partial charge in [0.25, 0.3) is 0 Å². The van der Waals surface area contributed by atoms with E-state index in [9.17, 15) is 4.79 Å². The van der Waals surface area contributed by atoms with Crippen LogP contribution in [0.1, 0.15) is 13.8 Å². The van der Waals surface area contributed by atoms with Crippen LogP contribution in [0.3, 0.4) is 0 Å². The fourth-order valence-electron chi connectivity index (χ4n) is 1.86. The minimum Gasteiger partial charge on any atom is -0.338 e. The molecule has 0 aliphatic rings. The van der Waals surface area contributed by atoms with Crippen LogP contribution in [0.15, 0.2) is 36.4 Å². The van der Waals surface area contributed by atoms with Gasteiger partial charge in [0.1, 0.15) is 0 Å². The van der Waals surface area contributed by atoms with Gasteiger partial charge in [-0.3, -0.25) is 10.00 Å². The highest BCUT2D eigenvalue weighted by Gasteiger charge is 2.09. The molecule has 0 aliphatic carbocycles. The number of anilines is 1. The van der Waals surface area contributed by atoms with Crippen molar-refractivity contribution in [2.24, 2.45) is 13.0 Å². The highest BCUT2D eigenvalue weighted by Crippen LogP contribution is 2.21. The lowest BCUT2D eigenvalue weighted by atomic mass is 10.1. The monoisotopic (exact) mass is 272 g/mol. The number of hydrogen-bond acceptors (Lipinski definition) is 2. The summed E-state index contributed by atoms with van der Waals surface area (Å²) < 4.78 is 1.76. The number of carbonyl (C=O) groups excluding carboxylic acids is 1. The molecule has 1 aromatic carbocycles. The molecule has 2 amide bonds. The van der Waals surface area contributed by atoms with Gasteiger partial charge in [-0.1, -0.05) is 44.2 Å². The molecule has 2 aromatic rings. The summed E-state index contributed by atoms with van der Waals surface area (Å²) in [4.78, 5) is 11.7. The first-order valence-electron chi connectivity index (χ1n) is 6.70. The average molecular weight is 272 g/mol. The van der Waals surface area contributed by atoms with E-state index in [0.717, 1.165) is 11.3 Å². The van der Waals surface area contributed by atoms with Gasteiger partial charge in [0.15, 0.2) is 5.82 Å². The molecule has 1 heterocycles. The molecule has 5 nitrogen and oxygen atoms in total. The molecule has 1 aromatic heterocycles. The van der Waals surface area contributed by atoms with E-state index in [1.807, 2.05) is 43.4 Å². The van der Waals surface area contributed by atoms with Crippen molar-refractivity contribution in [2.45, 2.75) is 13.8 Å². The normalized spacial score (nSPS) is 10.6. The van der Waals surface area contributed by atoms with Crippen LogP contribution in [-0.4, -0.2) is 22.4 Å². The number of urea groups is 1. The Hall–Kier alpha value is -2.30. The maximum Gasteiger partial charge on any atom is 0.320 e. The second kappa shape index (κ2) is 6.23. The van der Waals surface area contributed by atoms with Gasteiger partial charge >= 0.3 is 6.03 Å². The lowest BCUT2D eigenvalue weighted by molar-refractivity contribution is 0.251. The predicted molar refractivity (Wildman–Crippen MR) is 80.5 cm³/mol. The summed E-state index contributed by atoms with van der Waals surface area (Å²) in [7, 11) is 1.86. The van der Waals surface area contributed by atoms with Crippen LogP contribution in [-0.2, 0) is 7.05 Å². The number of nitrogens with zero attached hydrogens (tertiary/aromatic N) is 2. The zero-order valence-corrected chi connectivity index (χ0v) is 12.1. The molecule has 0 aliphatic heterocycles. The first kappa shape index (κ1) is 14.1. The van der Waals surface area contributed by atoms with Gasteiger partial charge in [-0.25, -0.2) is 4.79 Å². The zero-order chi connectivity index (χ0) is 14.5. The third-order valence-corrected chi connectivity index (χ3v) is 2.86. The van der Waals surface area contributed by atoms with Crippen molar-refractivity contribution in [2.75, 3.05) is 11.9 Å². The SMILES string of the molecule is CC(C)CNC(=O)Nc1cc(-c2ccccc2)n(C)n1. The maximum absolute atomic E-state index is 11.7. The van der Waals surface area contributed by atoms with E-state index in [0.29, 0.717) is 18.3 Å². The van der Waals surface area contributed by atoms with Crippen molar-refractivity contribution in [1.82, 2.24) is 15.1 Å². The molecule has 0 atom stereocenters. The van der Waals surface area contributed by atoms with E-state index in [1.165, 1.54) is 0 Å². The van der Waals surface area contributed by atoms with Crippen molar-refractivity contribution in [3.63, 3.8) is 0 Å². The second-order valence-electron chi connectivity index (χ2n) is 5.13. The van der Waals surface area contributed by atoms with Gasteiger partial charge in [0, 0.05) is 19.7 Å². The average Bonchev–Trinajstić information content (AvgIpc) is 2.78. The molecule has 20 heavy (non-hydrogen) atoms. The zero-order valence-electron chi connectivity index (χ0n) is 12.1. The van der Waals surface area contributed by atoms with Crippen molar-refractivity contribution in [1.29, 1.82) is 0 Å². The molecule has 0 unspecified atom stereocenters. The van der Waals surface area contributed by atoms with Crippen LogP contribution in [0.25, 0.3) is 11.3 Å². The number of nitrogens with one attached hydrogen (secondary N) is 2. The van der Waals surface area contributed by atoms with Crippen molar-refractivity contribution >= 4 is 11.8 Å². The van der Waals surface area contributed by atoms with Gasteiger partial charge in [-0.2, -0.15) is 5.10 Å². The summed E-state index contributed by atoms with van der Waals surface area (Å²) in [5, 5.41) is 9.84. The van der Waals surface area contributed by atoms with E-state index in [2.05, 4.69) is 29.6 Å². The standard InChI is InChI=1S/C15H20N4O/c1-11(2)10-16-15(20)17-14-9-13(19(3)18-14)12-7-5-4-6-8-12/h4-9,11H,10H2,1-3H3,(H2,16,17,18,20). The van der Waals surface area contributed by atoms with E-state index in [4.69, 9.17) is 0 Å². The quantitative estimate of drug-likeness (QED) is 0.899. The molecule has 0 saturated carbocycles. The molecular weight excluding hydrogens is 252 g/mol. The van der Waals surface area contributed by atoms with Gasteiger partial charge in [-0.05, 0) is 11.5 Å². The Morgan fingerprint density at radius 3 is 2.65 bits per heavy atom. The number of rotatable bonds is 4. The van der Waals surface area contributed by atoms with E-state index in [1.54, 1.807) is 4.68 Å². The third kappa shape index (κ3) is 3.60. The number of carbonyl (C=O) groups is 1. The molecule has 2 N–H and O–H groups in total. The Labute approximate surface area is 119 Å². The summed E-state index contributed by atoms with van der Waals surface area (Å²) in [6.07, 6.45) is 0. The number of aryl methyl sites for hydroxylation is 1. The summed E-state index contributed by atoms with van der Waals surface area (Å²) in [5.41, 5.74) is 2.03. The molecule has 0 saturated heterocycles. The lowest BCUT2D eigenvalue weighted by Crippen LogP contribution is -2.31. The molecule has 5 heteroatoms.